The van der Waals surface area contributed by atoms with E-state index in [2.05, 4.69) is 5.32 Å². The second-order valence-electron chi connectivity index (χ2n) is 4.63. The number of primary amides is 1. The van der Waals surface area contributed by atoms with E-state index in [9.17, 15) is 9.18 Å². The maximum absolute atomic E-state index is 12.8. The molecule has 3 nitrogen and oxygen atoms in total. The Balaban J connectivity index is 1.97. The van der Waals surface area contributed by atoms with Crippen molar-refractivity contribution in [3.8, 4) is 0 Å². The van der Waals surface area contributed by atoms with Crippen molar-refractivity contribution >= 4 is 11.6 Å². The lowest BCUT2D eigenvalue weighted by molar-refractivity contribution is -0.118. The van der Waals surface area contributed by atoms with E-state index in [4.69, 9.17) is 5.73 Å². The van der Waals surface area contributed by atoms with Gasteiger partial charge in [0.2, 0.25) is 5.91 Å². The molecule has 4 heteroatoms. The number of hydrogen-bond donors (Lipinski definition) is 2. The average molecular weight is 272 g/mol. The number of carbonyl (C=O) groups excluding carboxylic acids is 1. The minimum atomic E-state index is -0.472. The van der Waals surface area contributed by atoms with Crippen LogP contribution in [0.1, 0.15) is 12.0 Å². The van der Waals surface area contributed by atoms with E-state index in [1.165, 1.54) is 12.1 Å². The Labute approximate surface area is 117 Å². The van der Waals surface area contributed by atoms with Gasteiger partial charge in [-0.15, -0.1) is 0 Å². The zero-order chi connectivity index (χ0) is 14.4. The first-order valence-corrected chi connectivity index (χ1v) is 6.50. The lowest BCUT2D eigenvalue weighted by Crippen LogP contribution is -2.35. The van der Waals surface area contributed by atoms with Gasteiger partial charge in [0.15, 0.2) is 0 Å². The maximum atomic E-state index is 12.8. The zero-order valence-corrected chi connectivity index (χ0v) is 11.1. The Morgan fingerprint density at radius 3 is 2.35 bits per heavy atom. The second kappa shape index (κ2) is 6.70. The van der Waals surface area contributed by atoms with E-state index >= 15 is 0 Å². The van der Waals surface area contributed by atoms with Crippen LogP contribution in [0, 0.1) is 5.82 Å². The predicted molar refractivity (Wildman–Crippen MR) is 77.8 cm³/mol. The van der Waals surface area contributed by atoms with Gasteiger partial charge in [-0.3, -0.25) is 4.79 Å². The van der Waals surface area contributed by atoms with E-state index in [0.717, 1.165) is 12.0 Å². The lowest BCUT2D eigenvalue weighted by atomic mass is 10.0. The fraction of sp³-hybridized carbons (Fsp3) is 0.188. The molecule has 1 atom stereocenters. The van der Waals surface area contributed by atoms with Gasteiger partial charge < -0.3 is 11.1 Å². The van der Waals surface area contributed by atoms with Crippen LogP contribution in [0.5, 0.6) is 0 Å². The summed E-state index contributed by atoms with van der Waals surface area (Å²) in [5.41, 5.74) is 7.24. The fourth-order valence-corrected chi connectivity index (χ4v) is 1.99. The number of aryl methyl sites for hydroxylation is 1. The van der Waals surface area contributed by atoms with Gasteiger partial charge in [0.05, 0.1) is 0 Å². The zero-order valence-electron chi connectivity index (χ0n) is 11.1. The van der Waals surface area contributed by atoms with Crippen molar-refractivity contribution in [3.63, 3.8) is 0 Å². The van der Waals surface area contributed by atoms with Crippen LogP contribution in [0.3, 0.4) is 0 Å². The quantitative estimate of drug-likeness (QED) is 0.849. The monoisotopic (exact) mass is 272 g/mol. The molecule has 0 heterocycles. The molecule has 0 radical (unpaired) electrons. The van der Waals surface area contributed by atoms with Crippen molar-refractivity contribution in [2.75, 3.05) is 5.32 Å². The Morgan fingerprint density at radius 2 is 1.75 bits per heavy atom. The second-order valence-corrected chi connectivity index (χ2v) is 4.63. The Kier molecular flexibility index (Phi) is 4.71. The number of hydrogen-bond acceptors (Lipinski definition) is 2. The highest BCUT2D eigenvalue weighted by atomic mass is 19.1. The predicted octanol–water partition coefficient (Wildman–Crippen LogP) is 2.72. The summed E-state index contributed by atoms with van der Waals surface area (Å²) in [5, 5.41) is 3.03. The first-order chi connectivity index (χ1) is 9.65. The fourth-order valence-electron chi connectivity index (χ4n) is 1.99. The molecule has 0 aromatic heterocycles. The van der Waals surface area contributed by atoms with Crippen molar-refractivity contribution in [2.45, 2.75) is 18.9 Å². The summed E-state index contributed by atoms with van der Waals surface area (Å²) >= 11 is 0. The molecule has 2 aromatic rings. The number of carbonyl (C=O) groups is 1. The van der Waals surface area contributed by atoms with E-state index in [-0.39, 0.29) is 5.82 Å². The Bertz CT molecular complexity index is 554. The molecule has 20 heavy (non-hydrogen) atoms. The van der Waals surface area contributed by atoms with Crippen LogP contribution in [0.25, 0.3) is 0 Å². The van der Waals surface area contributed by atoms with Gasteiger partial charge in [-0.2, -0.15) is 0 Å². The van der Waals surface area contributed by atoms with Gasteiger partial charge in [0, 0.05) is 5.69 Å². The highest BCUT2D eigenvalue weighted by molar-refractivity contribution is 5.82. The molecule has 0 spiro atoms. The third kappa shape index (κ3) is 4.09. The number of anilines is 1. The van der Waals surface area contributed by atoms with Crippen LogP contribution >= 0.6 is 0 Å². The van der Waals surface area contributed by atoms with Crippen molar-refractivity contribution in [3.05, 3.63) is 66.0 Å². The summed E-state index contributed by atoms with van der Waals surface area (Å²) < 4.78 is 12.8. The summed E-state index contributed by atoms with van der Waals surface area (Å²) in [6.45, 7) is 0. The van der Waals surface area contributed by atoms with Crippen LogP contribution in [0.15, 0.2) is 54.6 Å². The number of benzene rings is 2. The van der Waals surface area contributed by atoms with Gasteiger partial charge in [-0.25, -0.2) is 4.39 Å². The molecule has 1 amide bonds. The minimum absolute atomic E-state index is 0.310. The van der Waals surface area contributed by atoms with Gasteiger partial charge in [0.25, 0.3) is 0 Å². The van der Waals surface area contributed by atoms with E-state index in [1.54, 1.807) is 12.1 Å². The molecule has 104 valence electrons. The Morgan fingerprint density at radius 1 is 1.10 bits per heavy atom. The van der Waals surface area contributed by atoms with Crippen molar-refractivity contribution < 1.29 is 9.18 Å². The third-order valence-electron chi connectivity index (χ3n) is 3.09. The van der Waals surface area contributed by atoms with Crippen LogP contribution in [-0.4, -0.2) is 11.9 Å². The van der Waals surface area contributed by atoms with Crippen LogP contribution in [-0.2, 0) is 11.2 Å². The van der Waals surface area contributed by atoms with Gasteiger partial charge in [0.1, 0.15) is 11.9 Å². The summed E-state index contributed by atoms with van der Waals surface area (Å²) in [6, 6.07) is 15.3. The first-order valence-electron chi connectivity index (χ1n) is 6.50. The van der Waals surface area contributed by atoms with Crippen LogP contribution in [0.2, 0.25) is 0 Å². The summed E-state index contributed by atoms with van der Waals surface area (Å²) in [5.74, 6) is -0.722. The molecular formula is C16H17FN2O. The van der Waals surface area contributed by atoms with Crippen molar-refractivity contribution in [2.24, 2.45) is 5.73 Å². The summed E-state index contributed by atoms with van der Waals surface area (Å²) in [6.07, 6.45) is 1.35. The molecule has 0 saturated heterocycles. The molecule has 0 fully saturated rings. The molecule has 0 aliphatic heterocycles. The highest BCUT2D eigenvalue weighted by Crippen LogP contribution is 2.13. The Hall–Kier alpha value is -2.36. The van der Waals surface area contributed by atoms with Crippen LogP contribution < -0.4 is 11.1 Å². The standard InChI is InChI=1S/C16H17FN2O/c17-13-7-9-14(10-8-13)19-15(16(18)20)11-6-12-4-2-1-3-5-12/h1-5,7-10,15,19H,6,11H2,(H2,18,20). The number of halogens is 1. The molecule has 2 aromatic carbocycles. The number of rotatable bonds is 6. The largest absolute Gasteiger partial charge is 0.374 e. The molecule has 1 unspecified atom stereocenters. The minimum Gasteiger partial charge on any atom is -0.374 e. The molecule has 2 rings (SSSR count). The molecule has 0 aliphatic carbocycles. The van der Waals surface area contributed by atoms with Gasteiger partial charge in [-0.1, -0.05) is 30.3 Å². The van der Waals surface area contributed by atoms with E-state index in [1.807, 2.05) is 30.3 Å². The SMILES string of the molecule is NC(=O)C(CCc1ccccc1)Nc1ccc(F)cc1. The molecule has 0 bridgehead atoms. The number of nitrogens with one attached hydrogen (secondary N) is 1. The summed E-state index contributed by atoms with van der Waals surface area (Å²) in [4.78, 5) is 11.5. The van der Waals surface area contributed by atoms with Crippen molar-refractivity contribution in [1.29, 1.82) is 0 Å². The molecular weight excluding hydrogens is 255 g/mol. The molecule has 3 N–H and O–H groups in total. The topological polar surface area (TPSA) is 55.1 Å². The number of amides is 1. The van der Waals surface area contributed by atoms with E-state index < -0.39 is 11.9 Å². The van der Waals surface area contributed by atoms with Crippen molar-refractivity contribution in [1.82, 2.24) is 0 Å². The van der Waals surface area contributed by atoms with Gasteiger partial charge in [-0.05, 0) is 42.7 Å². The maximum Gasteiger partial charge on any atom is 0.239 e. The summed E-state index contributed by atoms with van der Waals surface area (Å²) in [7, 11) is 0. The molecule has 0 aliphatic rings. The first kappa shape index (κ1) is 14.1. The van der Waals surface area contributed by atoms with Crippen LogP contribution in [0.4, 0.5) is 10.1 Å². The lowest BCUT2D eigenvalue weighted by Gasteiger charge is -2.16. The van der Waals surface area contributed by atoms with Gasteiger partial charge >= 0.3 is 0 Å². The normalized spacial score (nSPS) is 11.8. The average Bonchev–Trinajstić information content (AvgIpc) is 2.46. The van der Waals surface area contributed by atoms with E-state index in [0.29, 0.717) is 12.1 Å². The highest BCUT2D eigenvalue weighted by Gasteiger charge is 2.14. The number of nitrogens with two attached hydrogens (primary N) is 1. The molecule has 0 saturated carbocycles. The third-order valence-corrected chi connectivity index (χ3v) is 3.09. The smallest absolute Gasteiger partial charge is 0.239 e.